The van der Waals surface area contributed by atoms with Crippen LogP contribution in [0.3, 0.4) is 0 Å². The van der Waals surface area contributed by atoms with Crippen molar-refractivity contribution >= 4 is 0 Å². The van der Waals surface area contributed by atoms with E-state index >= 15 is 0 Å². The lowest BCUT2D eigenvalue weighted by atomic mass is 10.1. The molecule has 11 heavy (non-hydrogen) atoms. The van der Waals surface area contributed by atoms with Gasteiger partial charge >= 0.3 is 0 Å². The Balaban J connectivity index is 2.18. The lowest BCUT2D eigenvalue weighted by Crippen LogP contribution is -2.34. The van der Waals surface area contributed by atoms with Crippen LogP contribution in [-0.2, 0) is 14.2 Å². The summed E-state index contributed by atoms with van der Waals surface area (Å²) in [5.41, 5.74) is 0. The smallest absolute Gasteiger partial charge is 0.146 e. The van der Waals surface area contributed by atoms with Crippen molar-refractivity contribution in [2.24, 2.45) is 0 Å². The highest BCUT2D eigenvalue weighted by Crippen LogP contribution is 2.16. The molecule has 0 spiro atoms. The van der Waals surface area contributed by atoms with Crippen molar-refractivity contribution in [2.45, 2.75) is 25.0 Å². The minimum atomic E-state index is -0.0288. The summed E-state index contributed by atoms with van der Waals surface area (Å²) < 4.78 is 15.4. The molecule has 0 bridgehead atoms. The van der Waals surface area contributed by atoms with E-state index in [1.807, 2.05) is 0 Å². The molecule has 0 amide bonds. The number of hydrogen-bond acceptors (Lipinski definition) is 3. The molecule has 1 aliphatic rings. The van der Waals surface area contributed by atoms with E-state index in [0.29, 0.717) is 6.79 Å². The molecule has 1 rings (SSSR count). The van der Waals surface area contributed by atoms with Crippen LogP contribution in [0.1, 0.15) is 12.8 Å². The predicted molar refractivity (Wildman–Crippen MR) is 41.1 cm³/mol. The molecule has 0 N–H and O–H groups in total. The van der Waals surface area contributed by atoms with Gasteiger partial charge in [0, 0.05) is 13.7 Å². The molecule has 0 aliphatic carbocycles. The highest BCUT2D eigenvalue weighted by Gasteiger charge is 2.22. The summed E-state index contributed by atoms with van der Waals surface area (Å²) in [6.07, 6.45) is 2.17. The van der Waals surface area contributed by atoms with Crippen molar-refractivity contribution < 1.29 is 14.2 Å². The third kappa shape index (κ3) is 2.77. The minimum absolute atomic E-state index is 0.0288. The van der Waals surface area contributed by atoms with Crippen LogP contribution < -0.4 is 0 Å². The Morgan fingerprint density at radius 2 is 2.45 bits per heavy atom. The molecule has 0 saturated carbocycles. The maximum absolute atomic E-state index is 5.33. The predicted octanol–water partition coefficient (Wildman–Crippen LogP) is 0.989. The summed E-state index contributed by atoms with van der Waals surface area (Å²) in [4.78, 5) is 0. The molecule has 3 nitrogen and oxygen atoms in total. The molecule has 65 valence electrons. The van der Waals surface area contributed by atoms with Crippen LogP contribution in [0.4, 0.5) is 0 Å². The van der Waals surface area contributed by atoms with Gasteiger partial charge in [0.2, 0.25) is 0 Å². The second-order valence-corrected chi connectivity index (χ2v) is 2.66. The van der Waals surface area contributed by atoms with Crippen LogP contribution in [0.2, 0.25) is 0 Å². The van der Waals surface area contributed by atoms with Gasteiger partial charge in [-0.25, -0.2) is 0 Å². The standard InChI is InChI=1S/C8H15O3/c1-7-8(11-6-9-2)4-3-5-10-7/h7-8H,1,3-6H2,2H3. The first-order chi connectivity index (χ1) is 5.34. The molecule has 1 fully saturated rings. The zero-order chi connectivity index (χ0) is 8.10. The highest BCUT2D eigenvalue weighted by molar-refractivity contribution is 4.76. The van der Waals surface area contributed by atoms with E-state index in [1.165, 1.54) is 0 Å². The normalized spacial score (nSPS) is 32.2. The van der Waals surface area contributed by atoms with E-state index in [9.17, 15) is 0 Å². The van der Waals surface area contributed by atoms with Gasteiger partial charge in [-0.05, 0) is 19.8 Å². The van der Waals surface area contributed by atoms with Crippen LogP contribution in [0.15, 0.2) is 0 Å². The molecule has 1 heterocycles. The molecule has 0 aromatic rings. The molecule has 1 aliphatic heterocycles. The second kappa shape index (κ2) is 4.70. The van der Waals surface area contributed by atoms with E-state index in [2.05, 4.69) is 6.92 Å². The van der Waals surface area contributed by atoms with E-state index in [1.54, 1.807) is 7.11 Å². The number of ether oxygens (including phenoxy) is 3. The van der Waals surface area contributed by atoms with Crippen LogP contribution in [0.5, 0.6) is 0 Å². The molecule has 0 aromatic heterocycles. The van der Waals surface area contributed by atoms with Gasteiger partial charge in [-0.15, -0.1) is 0 Å². The van der Waals surface area contributed by atoms with Gasteiger partial charge in [-0.2, -0.15) is 0 Å². The summed E-state index contributed by atoms with van der Waals surface area (Å²) in [5, 5.41) is 0. The summed E-state index contributed by atoms with van der Waals surface area (Å²) in [5.74, 6) is 0. The first kappa shape index (κ1) is 8.97. The van der Waals surface area contributed by atoms with Crippen LogP contribution in [0.25, 0.3) is 0 Å². The Hall–Kier alpha value is -0.120. The van der Waals surface area contributed by atoms with E-state index in [4.69, 9.17) is 14.2 Å². The molecule has 2 atom stereocenters. The summed E-state index contributed by atoms with van der Waals surface area (Å²) in [7, 11) is 1.61. The van der Waals surface area contributed by atoms with Gasteiger partial charge in [-0.3, -0.25) is 0 Å². The summed E-state index contributed by atoms with van der Waals surface area (Å²) >= 11 is 0. The van der Waals surface area contributed by atoms with E-state index < -0.39 is 0 Å². The van der Waals surface area contributed by atoms with Crippen LogP contribution in [-0.4, -0.2) is 32.7 Å². The van der Waals surface area contributed by atoms with Gasteiger partial charge in [0.25, 0.3) is 0 Å². The molecule has 3 heteroatoms. The topological polar surface area (TPSA) is 27.7 Å². The Morgan fingerprint density at radius 3 is 3.09 bits per heavy atom. The van der Waals surface area contributed by atoms with Crippen LogP contribution in [0, 0.1) is 6.92 Å². The van der Waals surface area contributed by atoms with Crippen molar-refractivity contribution in [3.63, 3.8) is 0 Å². The molecule has 2 unspecified atom stereocenters. The lowest BCUT2D eigenvalue weighted by molar-refractivity contribution is -0.137. The SMILES string of the molecule is [CH2]C1OCCCC1OCOC. The summed E-state index contributed by atoms with van der Waals surface area (Å²) in [6.45, 7) is 4.97. The fraction of sp³-hybridized carbons (Fsp3) is 0.875. The van der Waals surface area contributed by atoms with Gasteiger partial charge in [-0.1, -0.05) is 0 Å². The van der Waals surface area contributed by atoms with Gasteiger partial charge < -0.3 is 14.2 Å². The molecular weight excluding hydrogens is 144 g/mol. The first-order valence-electron chi connectivity index (χ1n) is 3.90. The molecule has 1 saturated heterocycles. The first-order valence-corrected chi connectivity index (χ1v) is 3.90. The average molecular weight is 159 g/mol. The zero-order valence-electron chi connectivity index (χ0n) is 6.91. The van der Waals surface area contributed by atoms with Crippen molar-refractivity contribution in [2.75, 3.05) is 20.5 Å². The number of hydrogen-bond donors (Lipinski definition) is 0. The van der Waals surface area contributed by atoms with Crippen molar-refractivity contribution in [1.82, 2.24) is 0 Å². The van der Waals surface area contributed by atoms with E-state index in [-0.39, 0.29) is 12.2 Å². The van der Waals surface area contributed by atoms with Crippen molar-refractivity contribution in [3.8, 4) is 0 Å². The zero-order valence-corrected chi connectivity index (χ0v) is 6.91. The quantitative estimate of drug-likeness (QED) is 0.575. The maximum Gasteiger partial charge on any atom is 0.146 e. The Bertz CT molecular complexity index is 106. The lowest BCUT2D eigenvalue weighted by Gasteiger charge is -2.28. The largest absolute Gasteiger partial charge is 0.376 e. The highest BCUT2D eigenvalue weighted by atomic mass is 16.7. The monoisotopic (exact) mass is 159 g/mol. The van der Waals surface area contributed by atoms with Crippen molar-refractivity contribution in [1.29, 1.82) is 0 Å². The Morgan fingerprint density at radius 1 is 1.64 bits per heavy atom. The van der Waals surface area contributed by atoms with Gasteiger partial charge in [0.1, 0.15) is 6.79 Å². The molecule has 0 aromatic carbocycles. The molecular formula is C8H15O3. The second-order valence-electron chi connectivity index (χ2n) is 2.66. The van der Waals surface area contributed by atoms with E-state index in [0.717, 1.165) is 19.4 Å². The average Bonchev–Trinajstić information content (AvgIpc) is 2.03. The van der Waals surface area contributed by atoms with Crippen LogP contribution >= 0.6 is 0 Å². The maximum atomic E-state index is 5.33. The molecule has 1 radical (unpaired) electrons. The number of rotatable bonds is 3. The minimum Gasteiger partial charge on any atom is -0.376 e. The fourth-order valence-corrected chi connectivity index (χ4v) is 1.16. The third-order valence-electron chi connectivity index (χ3n) is 1.78. The summed E-state index contributed by atoms with van der Waals surface area (Å²) in [6, 6.07) is 0. The third-order valence-corrected chi connectivity index (χ3v) is 1.78. The fourth-order valence-electron chi connectivity index (χ4n) is 1.16. The Labute approximate surface area is 67.6 Å². The van der Waals surface area contributed by atoms with Gasteiger partial charge in [0.05, 0.1) is 12.2 Å². The van der Waals surface area contributed by atoms with Crippen molar-refractivity contribution in [3.05, 3.63) is 6.92 Å². The number of methoxy groups -OCH3 is 1. The van der Waals surface area contributed by atoms with Gasteiger partial charge in [0.15, 0.2) is 0 Å². The Kier molecular flexibility index (Phi) is 3.83.